The lowest BCUT2D eigenvalue weighted by molar-refractivity contribution is -0.137. The SMILES string of the molecule is CN1CCN(Cc2cc(NC(=O)Nc3ccc(-n4cnc5c(C#N)nccc54)cc3)cc(C(F)(F)F)c2)CC1. The number of fused-ring (bicyclic) bond motifs is 1. The van der Waals surface area contributed by atoms with Gasteiger partial charge in [0, 0.05) is 56.0 Å². The standard InChI is InChI=1S/C27H25F3N8O/c1-36-8-10-37(11-9-36)16-18-12-19(27(28,29)30)14-21(13-18)35-26(39)34-20-2-4-22(5-3-20)38-17-33-25-23(15-31)32-7-6-24(25)38/h2-7,12-14,17H,8-11,16H2,1H3,(H2,34,35,39). The van der Waals surface area contributed by atoms with Gasteiger partial charge < -0.3 is 15.5 Å². The van der Waals surface area contributed by atoms with Crippen LogP contribution in [0.25, 0.3) is 16.7 Å². The van der Waals surface area contributed by atoms with Crippen LogP contribution in [-0.4, -0.2) is 63.6 Å². The van der Waals surface area contributed by atoms with Crippen molar-refractivity contribution in [1.82, 2.24) is 24.3 Å². The topological polar surface area (TPSA) is 102 Å². The molecule has 0 atom stereocenters. The van der Waals surface area contributed by atoms with Crippen molar-refractivity contribution in [2.75, 3.05) is 43.9 Å². The van der Waals surface area contributed by atoms with Gasteiger partial charge in [0.05, 0.1) is 11.1 Å². The molecule has 0 bridgehead atoms. The van der Waals surface area contributed by atoms with Crippen molar-refractivity contribution in [2.24, 2.45) is 0 Å². The van der Waals surface area contributed by atoms with E-state index >= 15 is 0 Å². The Hall–Kier alpha value is -4.47. The molecule has 39 heavy (non-hydrogen) atoms. The van der Waals surface area contributed by atoms with Crippen LogP contribution in [-0.2, 0) is 12.7 Å². The Kier molecular flexibility index (Phi) is 7.19. The molecule has 2 N–H and O–H groups in total. The van der Waals surface area contributed by atoms with Gasteiger partial charge in [-0.15, -0.1) is 0 Å². The van der Waals surface area contributed by atoms with Crippen molar-refractivity contribution in [2.45, 2.75) is 12.7 Å². The number of urea groups is 1. The molecule has 200 valence electrons. The number of likely N-dealkylation sites (N-methyl/N-ethyl adjacent to an activating group) is 1. The summed E-state index contributed by atoms with van der Waals surface area (Å²) in [5, 5.41) is 14.4. The largest absolute Gasteiger partial charge is 0.416 e. The second-order valence-corrected chi connectivity index (χ2v) is 9.38. The van der Waals surface area contributed by atoms with Gasteiger partial charge >= 0.3 is 12.2 Å². The molecule has 2 aromatic heterocycles. The average Bonchev–Trinajstić information content (AvgIpc) is 3.34. The van der Waals surface area contributed by atoms with E-state index in [-0.39, 0.29) is 11.4 Å². The molecular weight excluding hydrogens is 509 g/mol. The van der Waals surface area contributed by atoms with Gasteiger partial charge in [-0.2, -0.15) is 18.4 Å². The lowest BCUT2D eigenvalue weighted by Crippen LogP contribution is -2.43. The Labute approximate surface area is 222 Å². The van der Waals surface area contributed by atoms with E-state index in [0.29, 0.717) is 28.8 Å². The number of pyridine rings is 1. The first-order chi connectivity index (χ1) is 18.7. The van der Waals surface area contributed by atoms with E-state index < -0.39 is 17.8 Å². The molecule has 5 rings (SSSR count). The number of benzene rings is 2. The highest BCUT2D eigenvalue weighted by Crippen LogP contribution is 2.32. The first-order valence-electron chi connectivity index (χ1n) is 12.2. The van der Waals surface area contributed by atoms with Crippen molar-refractivity contribution < 1.29 is 18.0 Å². The summed E-state index contributed by atoms with van der Waals surface area (Å²) in [5.41, 5.74) is 2.34. The molecule has 9 nitrogen and oxygen atoms in total. The Morgan fingerprint density at radius 3 is 2.41 bits per heavy atom. The van der Waals surface area contributed by atoms with Crippen LogP contribution in [0.5, 0.6) is 0 Å². The maximum Gasteiger partial charge on any atom is 0.416 e. The first-order valence-corrected chi connectivity index (χ1v) is 12.2. The summed E-state index contributed by atoms with van der Waals surface area (Å²) in [6.45, 7) is 3.58. The van der Waals surface area contributed by atoms with Gasteiger partial charge in [-0.3, -0.25) is 9.47 Å². The van der Waals surface area contributed by atoms with Gasteiger partial charge in [0.1, 0.15) is 17.9 Å². The molecule has 1 fully saturated rings. The number of carbonyl (C=O) groups is 1. The van der Waals surface area contributed by atoms with Crippen molar-refractivity contribution in [1.29, 1.82) is 5.26 Å². The molecule has 0 unspecified atom stereocenters. The molecule has 1 saturated heterocycles. The van der Waals surface area contributed by atoms with E-state index in [0.717, 1.165) is 44.0 Å². The Morgan fingerprint density at radius 2 is 1.72 bits per heavy atom. The summed E-state index contributed by atoms with van der Waals surface area (Å²) in [6, 6.07) is 13.6. The third kappa shape index (κ3) is 6.00. The van der Waals surface area contributed by atoms with Crippen LogP contribution in [0.3, 0.4) is 0 Å². The van der Waals surface area contributed by atoms with Crippen molar-refractivity contribution in [3.8, 4) is 11.8 Å². The Morgan fingerprint density at radius 1 is 1.00 bits per heavy atom. The van der Waals surface area contributed by atoms with E-state index in [1.54, 1.807) is 47.3 Å². The number of piperazine rings is 1. The zero-order valence-electron chi connectivity index (χ0n) is 21.0. The molecule has 0 saturated carbocycles. The van der Waals surface area contributed by atoms with E-state index in [4.69, 9.17) is 0 Å². The number of nitrogens with one attached hydrogen (secondary N) is 2. The van der Waals surface area contributed by atoms with E-state index in [2.05, 4.69) is 30.4 Å². The molecule has 0 radical (unpaired) electrons. The second-order valence-electron chi connectivity index (χ2n) is 9.38. The molecule has 2 amide bonds. The number of amides is 2. The normalized spacial score (nSPS) is 14.7. The molecule has 4 aromatic rings. The summed E-state index contributed by atoms with van der Waals surface area (Å²) in [6.07, 6.45) is -1.43. The minimum absolute atomic E-state index is 0.0647. The lowest BCUT2D eigenvalue weighted by atomic mass is 10.1. The van der Waals surface area contributed by atoms with Crippen LogP contribution in [0.4, 0.5) is 29.3 Å². The van der Waals surface area contributed by atoms with Crippen LogP contribution >= 0.6 is 0 Å². The molecule has 0 spiro atoms. The highest BCUT2D eigenvalue weighted by atomic mass is 19.4. The highest BCUT2D eigenvalue weighted by Gasteiger charge is 2.31. The number of hydrogen-bond donors (Lipinski definition) is 2. The maximum atomic E-state index is 13.6. The van der Waals surface area contributed by atoms with Crippen molar-refractivity contribution >= 4 is 28.4 Å². The van der Waals surface area contributed by atoms with Crippen LogP contribution in [0.15, 0.2) is 61.1 Å². The quantitative estimate of drug-likeness (QED) is 0.385. The van der Waals surface area contributed by atoms with Gasteiger partial charge in [0.15, 0.2) is 5.69 Å². The summed E-state index contributed by atoms with van der Waals surface area (Å²) in [4.78, 5) is 25.2. The number of nitriles is 1. The molecule has 1 aliphatic heterocycles. The fourth-order valence-electron chi connectivity index (χ4n) is 4.51. The van der Waals surface area contributed by atoms with Crippen LogP contribution in [0.1, 0.15) is 16.8 Å². The molecule has 1 aliphatic rings. The number of aromatic nitrogens is 3. The summed E-state index contributed by atoms with van der Waals surface area (Å²) in [7, 11) is 2.01. The maximum absolute atomic E-state index is 13.6. The Bertz CT molecular complexity index is 1530. The Balaban J connectivity index is 1.29. The fraction of sp³-hybridized carbons (Fsp3) is 0.259. The highest BCUT2D eigenvalue weighted by molar-refractivity contribution is 6.00. The predicted octanol–water partition coefficient (Wildman–Crippen LogP) is 4.70. The summed E-state index contributed by atoms with van der Waals surface area (Å²) >= 11 is 0. The average molecular weight is 535 g/mol. The van der Waals surface area contributed by atoms with Gasteiger partial charge in [0.2, 0.25) is 0 Å². The summed E-state index contributed by atoms with van der Waals surface area (Å²) in [5.74, 6) is 0. The van der Waals surface area contributed by atoms with Gasteiger partial charge in [0.25, 0.3) is 0 Å². The smallest absolute Gasteiger partial charge is 0.308 e. The monoisotopic (exact) mass is 534 g/mol. The number of rotatable bonds is 5. The van der Waals surface area contributed by atoms with Gasteiger partial charge in [-0.25, -0.2) is 14.8 Å². The zero-order valence-corrected chi connectivity index (χ0v) is 21.0. The number of alkyl halides is 3. The van der Waals surface area contributed by atoms with Gasteiger partial charge in [-0.05, 0) is 61.1 Å². The number of nitrogens with zero attached hydrogens (tertiary/aromatic N) is 6. The number of hydrogen-bond acceptors (Lipinski definition) is 6. The molecule has 3 heterocycles. The van der Waals surface area contributed by atoms with Crippen molar-refractivity contribution in [3.63, 3.8) is 0 Å². The van der Waals surface area contributed by atoms with E-state index in [1.165, 1.54) is 6.20 Å². The number of imidazole rings is 1. The number of halogens is 3. The minimum Gasteiger partial charge on any atom is -0.308 e. The molecular formula is C27H25F3N8O. The van der Waals surface area contributed by atoms with Gasteiger partial charge in [-0.1, -0.05) is 0 Å². The van der Waals surface area contributed by atoms with Crippen LogP contribution in [0.2, 0.25) is 0 Å². The molecule has 2 aromatic carbocycles. The zero-order chi connectivity index (χ0) is 27.6. The van der Waals surface area contributed by atoms with E-state index in [9.17, 15) is 23.2 Å². The summed E-state index contributed by atoms with van der Waals surface area (Å²) < 4.78 is 42.5. The molecule has 0 aliphatic carbocycles. The predicted molar refractivity (Wildman–Crippen MR) is 140 cm³/mol. The number of anilines is 2. The lowest BCUT2D eigenvalue weighted by Gasteiger charge is -2.32. The fourth-order valence-corrected chi connectivity index (χ4v) is 4.51. The van der Waals surface area contributed by atoms with Crippen molar-refractivity contribution in [3.05, 3.63) is 77.9 Å². The minimum atomic E-state index is -4.54. The molecule has 12 heteroatoms. The third-order valence-corrected chi connectivity index (χ3v) is 6.55. The van der Waals surface area contributed by atoms with E-state index in [1.807, 2.05) is 13.1 Å². The van der Waals surface area contributed by atoms with Crippen LogP contribution in [0, 0.1) is 11.3 Å². The van der Waals surface area contributed by atoms with Crippen LogP contribution < -0.4 is 10.6 Å². The first kappa shape index (κ1) is 26.1. The second kappa shape index (κ2) is 10.7. The third-order valence-electron chi connectivity index (χ3n) is 6.55. The number of carbonyl (C=O) groups excluding carboxylic acids is 1.